The minimum atomic E-state index is -2.06. The lowest BCUT2D eigenvalue weighted by atomic mass is 9.88. The topological polar surface area (TPSA) is 69.5 Å². The number of hydrogen-bond donors (Lipinski definition) is 3. The lowest BCUT2D eigenvalue weighted by molar-refractivity contribution is 0.125. The molecule has 180 valence electrons. The van der Waals surface area contributed by atoms with E-state index >= 15 is 0 Å². The average molecular weight is 487 g/mol. The second-order valence-corrected chi connectivity index (χ2v) is 10.3. The van der Waals surface area contributed by atoms with Crippen molar-refractivity contribution in [2.75, 3.05) is 23.1 Å². The maximum Gasteiger partial charge on any atom is 0.259 e. The van der Waals surface area contributed by atoms with Crippen molar-refractivity contribution in [2.45, 2.75) is 37.9 Å². The summed E-state index contributed by atoms with van der Waals surface area (Å²) in [7, 11) is 0. The molecular weight excluding hydrogens is 456 g/mol. The van der Waals surface area contributed by atoms with Gasteiger partial charge in [0.05, 0.1) is 6.04 Å². The fourth-order valence-corrected chi connectivity index (χ4v) is 6.24. The van der Waals surface area contributed by atoms with E-state index in [-0.39, 0.29) is 0 Å². The summed E-state index contributed by atoms with van der Waals surface area (Å²) in [6.45, 7) is 3.08. The van der Waals surface area contributed by atoms with Crippen molar-refractivity contribution in [1.29, 1.82) is 0 Å². The van der Waals surface area contributed by atoms with Crippen LogP contribution in [-0.4, -0.2) is 37.4 Å². The Morgan fingerprint density at radius 2 is 1.66 bits per heavy atom. The SMILES string of the molecule is O=S(O)Nc1ccc(NC2CCN3CCc4c(n(Cc5ccccc5)c5ccccc45)C3C2)cc1. The molecule has 3 atom stereocenters. The number of hydrogen-bond acceptors (Lipinski definition) is 3. The number of nitrogens with zero attached hydrogens (tertiary/aromatic N) is 2. The Morgan fingerprint density at radius 1 is 0.914 bits per heavy atom. The van der Waals surface area contributed by atoms with E-state index < -0.39 is 11.3 Å². The van der Waals surface area contributed by atoms with Crippen molar-refractivity contribution < 1.29 is 8.76 Å². The van der Waals surface area contributed by atoms with Crippen LogP contribution in [0.1, 0.15) is 35.7 Å². The van der Waals surface area contributed by atoms with Gasteiger partial charge in [-0.3, -0.25) is 14.2 Å². The van der Waals surface area contributed by atoms with E-state index in [0.717, 1.165) is 44.6 Å². The third kappa shape index (κ3) is 4.47. The first kappa shape index (κ1) is 22.3. The second-order valence-electron chi connectivity index (χ2n) is 9.55. The van der Waals surface area contributed by atoms with Crippen LogP contribution >= 0.6 is 0 Å². The van der Waals surface area contributed by atoms with Crippen molar-refractivity contribution in [2.24, 2.45) is 0 Å². The Balaban J connectivity index is 1.30. The lowest BCUT2D eigenvalue weighted by Crippen LogP contribution is -2.45. The summed E-state index contributed by atoms with van der Waals surface area (Å²) < 4.78 is 25.1. The summed E-state index contributed by atoms with van der Waals surface area (Å²) in [6, 6.07) is 28.0. The lowest BCUT2D eigenvalue weighted by Gasteiger charge is -2.43. The largest absolute Gasteiger partial charge is 0.382 e. The molecule has 0 amide bonds. The van der Waals surface area contributed by atoms with Gasteiger partial charge >= 0.3 is 0 Å². The van der Waals surface area contributed by atoms with Gasteiger partial charge in [0.25, 0.3) is 11.3 Å². The van der Waals surface area contributed by atoms with Gasteiger partial charge in [-0.05, 0) is 60.7 Å². The number of nitrogens with one attached hydrogen (secondary N) is 2. The van der Waals surface area contributed by atoms with E-state index in [4.69, 9.17) is 4.55 Å². The monoisotopic (exact) mass is 486 g/mol. The minimum absolute atomic E-state index is 0.371. The van der Waals surface area contributed by atoms with Gasteiger partial charge in [-0.1, -0.05) is 48.5 Å². The zero-order valence-corrected chi connectivity index (χ0v) is 20.4. The van der Waals surface area contributed by atoms with Crippen molar-refractivity contribution >= 4 is 33.5 Å². The van der Waals surface area contributed by atoms with Crippen molar-refractivity contribution in [3.05, 3.63) is 95.7 Å². The Labute approximate surface area is 208 Å². The summed E-state index contributed by atoms with van der Waals surface area (Å²) in [5.74, 6) is 0. The highest BCUT2D eigenvalue weighted by Gasteiger charge is 2.37. The Kier molecular flexibility index (Phi) is 6.06. The van der Waals surface area contributed by atoms with Gasteiger partial charge in [0, 0.05) is 53.6 Å². The van der Waals surface area contributed by atoms with Crippen LogP contribution in [-0.2, 0) is 24.2 Å². The molecular formula is C28H30N4O2S. The number of anilines is 2. The molecule has 1 saturated heterocycles. The molecule has 6 nitrogen and oxygen atoms in total. The molecule has 0 saturated carbocycles. The molecule has 3 N–H and O–H groups in total. The number of para-hydroxylation sites is 1. The normalized spacial score (nSPS) is 20.7. The number of aromatic nitrogens is 1. The maximum atomic E-state index is 11.0. The van der Waals surface area contributed by atoms with Gasteiger partial charge in [0.2, 0.25) is 0 Å². The third-order valence-corrected chi connectivity index (χ3v) is 7.85. The highest BCUT2D eigenvalue weighted by Crippen LogP contribution is 2.42. The summed E-state index contributed by atoms with van der Waals surface area (Å²) in [5.41, 5.74) is 7.34. The molecule has 7 heteroatoms. The predicted octanol–water partition coefficient (Wildman–Crippen LogP) is 5.41. The van der Waals surface area contributed by atoms with Crippen molar-refractivity contribution in [1.82, 2.24) is 9.47 Å². The first-order chi connectivity index (χ1) is 17.2. The number of piperidine rings is 1. The van der Waals surface area contributed by atoms with E-state index in [1.54, 1.807) is 0 Å². The van der Waals surface area contributed by atoms with Crippen molar-refractivity contribution in [3.8, 4) is 0 Å². The Hall–Kier alpha value is -3.13. The van der Waals surface area contributed by atoms with E-state index in [0.29, 0.717) is 17.8 Å². The van der Waals surface area contributed by atoms with Crippen LogP contribution in [0, 0.1) is 0 Å². The first-order valence-electron chi connectivity index (χ1n) is 12.3. The molecule has 1 aromatic heterocycles. The fourth-order valence-electron chi connectivity index (χ4n) is 5.90. The molecule has 3 unspecified atom stereocenters. The van der Waals surface area contributed by atoms with Crippen LogP contribution in [0.15, 0.2) is 78.9 Å². The van der Waals surface area contributed by atoms with Gasteiger partial charge in [0.1, 0.15) is 0 Å². The maximum absolute atomic E-state index is 11.0. The highest BCUT2D eigenvalue weighted by atomic mass is 32.2. The van der Waals surface area contributed by atoms with Gasteiger partial charge < -0.3 is 9.88 Å². The number of benzene rings is 3. The van der Waals surface area contributed by atoms with Crippen LogP contribution in [0.2, 0.25) is 0 Å². The summed E-state index contributed by atoms with van der Waals surface area (Å²) >= 11 is -2.06. The Morgan fingerprint density at radius 3 is 2.46 bits per heavy atom. The molecule has 0 radical (unpaired) electrons. The zero-order chi connectivity index (χ0) is 23.8. The zero-order valence-electron chi connectivity index (χ0n) is 19.6. The van der Waals surface area contributed by atoms with Crippen LogP contribution in [0.3, 0.4) is 0 Å². The van der Waals surface area contributed by atoms with Gasteiger partial charge in [0.15, 0.2) is 0 Å². The van der Waals surface area contributed by atoms with E-state index in [1.807, 2.05) is 24.3 Å². The van der Waals surface area contributed by atoms with E-state index in [2.05, 4.69) is 74.1 Å². The highest BCUT2D eigenvalue weighted by molar-refractivity contribution is 7.80. The van der Waals surface area contributed by atoms with Crippen LogP contribution < -0.4 is 10.0 Å². The van der Waals surface area contributed by atoms with Crippen LogP contribution in [0.5, 0.6) is 0 Å². The molecule has 1 fully saturated rings. The summed E-state index contributed by atoms with van der Waals surface area (Å²) in [5, 5.41) is 5.13. The van der Waals surface area contributed by atoms with Crippen molar-refractivity contribution in [3.63, 3.8) is 0 Å². The molecule has 6 rings (SSSR count). The molecule has 3 heterocycles. The number of fused-ring (bicyclic) bond motifs is 5. The average Bonchev–Trinajstić information content (AvgIpc) is 3.19. The van der Waals surface area contributed by atoms with E-state index in [1.165, 1.54) is 27.7 Å². The minimum Gasteiger partial charge on any atom is -0.382 e. The number of rotatable bonds is 6. The smallest absolute Gasteiger partial charge is 0.259 e. The summed E-state index contributed by atoms with van der Waals surface area (Å²) in [4.78, 5) is 2.67. The van der Waals surface area contributed by atoms with Gasteiger partial charge in [-0.2, -0.15) is 0 Å². The molecule has 35 heavy (non-hydrogen) atoms. The molecule has 4 aromatic rings. The molecule has 3 aromatic carbocycles. The van der Waals surface area contributed by atoms with Gasteiger partial charge in [-0.15, -0.1) is 0 Å². The third-order valence-electron chi connectivity index (χ3n) is 7.44. The summed E-state index contributed by atoms with van der Waals surface area (Å²) in [6.07, 6.45) is 3.26. The molecule has 0 aliphatic carbocycles. The first-order valence-corrected chi connectivity index (χ1v) is 13.4. The molecule has 0 spiro atoms. The van der Waals surface area contributed by atoms with E-state index in [9.17, 15) is 4.21 Å². The standard InChI is InChI=1S/C28H30N4O2S/c33-35(34)30-22-12-10-21(11-13-22)29-23-14-16-31-17-15-25-24-8-4-5-9-26(24)32(28(25)27(31)18-23)19-20-6-2-1-3-7-20/h1-13,23,27,29-30H,14-19H2,(H,33,34). The fraction of sp³-hybridized carbons (Fsp3) is 0.286. The molecule has 2 aliphatic heterocycles. The second kappa shape index (κ2) is 9.49. The molecule has 2 aliphatic rings. The van der Waals surface area contributed by atoms with Gasteiger partial charge in [-0.25, -0.2) is 4.21 Å². The molecule has 0 bridgehead atoms. The Bertz CT molecular complexity index is 1350. The van der Waals surface area contributed by atoms with Crippen LogP contribution in [0.4, 0.5) is 11.4 Å². The van der Waals surface area contributed by atoms with Crippen LogP contribution in [0.25, 0.3) is 10.9 Å². The predicted molar refractivity (Wildman–Crippen MR) is 143 cm³/mol. The quantitative estimate of drug-likeness (QED) is 0.319.